The Kier molecular flexibility index (Phi) is 6.02. The van der Waals surface area contributed by atoms with E-state index >= 15 is 0 Å². The van der Waals surface area contributed by atoms with Crippen LogP contribution in [0.1, 0.15) is 0 Å². The standard InChI is InChI=1S/C10H11F3N2O4S/c11-10(12,13)6-19-4-3-15-2-1-7(16)14-9(15)20-5-8(17)18/h1-2H,3-6H2,(H,17,18). The Morgan fingerprint density at radius 2 is 2.20 bits per heavy atom. The zero-order valence-corrected chi connectivity index (χ0v) is 10.9. The fraction of sp³-hybridized carbons (Fsp3) is 0.500. The van der Waals surface area contributed by atoms with Crippen molar-refractivity contribution in [3.63, 3.8) is 0 Å². The van der Waals surface area contributed by atoms with E-state index in [9.17, 15) is 22.8 Å². The minimum Gasteiger partial charge on any atom is -0.481 e. The molecule has 1 heterocycles. The van der Waals surface area contributed by atoms with Crippen LogP contribution in [-0.2, 0) is 16.1 Å². The van der Waals surface area contributed by atoms with E-state index in [-0.39, 0.29) is 24.1 Å². The molecule has 0 aliphatic rings. The van der Waals surface area contributed by atoms with Gasteiger partial charge >= 0.3 is 12.1 Å². The highest BCUT2D eigenvalue weighted by Crippen LogP contribution is 2.15. The van der Waals surface area contributed by atoms with Gasteiger partial charge in [0.05, 0.1) is 12.4 Å². The first kappa shape index (κ1) is 16.5. The Bertz CT molecular complexity index is 518. The quantitative estimate of drug-likeness (QED) is 0.459. The van der Waals surface area contributed by atoms with Gasteiger partial charge in [0.25, 0.3) is 5.56 Å². The predicted molar refractivity (Wildman–Crippen MR) is 63.7 cm³/mol. The summed E-state index contributed by atoms with van der Waals surface area (Å²) in [6.07, 6.45) is -3.07. The molecule has 10 heteroatoms. The largest absolute Gasteiger partial charge is 0.481 e. The predicted octanol–water partition coefficient (Wildman–Crippen LogP) is 0.999. The summed E-state index contributed by atoms with van der Waals surface area (Å²) >= 11 is 0.807. The number of aromatic nitrogens is 2. The lowest BCUT2D eigenvalue weighted by Crippen LogP contribution is -2.20. The highest BCUT2D eigenvalue weighted by atomic mass is 32.2. The maximum Gasteiger partial charge on any atom is 0.411 e. The molecule has 0 aliphatic carbocycles. The Labute approximate surface area is 115 Å². The van der Waals surface area contributed by atoms with Gasteiger partial charge in [0.15, 0.2) is 5.16 Å². The van der Waals surface area contributed by atoms with Gasteiger partial charge in [-0.2, -0.15) is 18.2 Å². The van der Waals surface area contributed by atoms with Crippen molar-refractivity contribution in [1.82, 2.24) is 9.55 Å². The van der Waals surface area contributed by atoms with Crippen LogP contribution >= 0.6 is 11.8 Å². The smallest absolute Gasteiger partial charge is 0.411 e. The molecule has 1 rings (SSSR count). The van der Waals surface area contributed by atoms with Crippen LogP contribution in [0.15, 0.2) is 22.2 Å². The number of hydrogen-bond donors (Lipinski definition) is 1. The Balaban J connectivity index is 2.59. The summed E-state index contributed by atoms with van der Waals surface area (Å²) in [6, 6.07) is 1.13. The summed E-state index contributed by atoms with van der Waals surface area (Å²) in [5.41, 5.74) is -0.551. The first-order chi connectivity index (χ1) is 9.28. The number of carboxylic acid groups (broad SMARTS) is 1. The van der Waals surface area contributed by atoms with Gasteiger partial charge in [-0.1, -0.05) is 11.8 Å². The summed E-state index contributed by atoms with van der Waals surface area (Å²) in [5, 5.41) is 8.67. The number of halogens is 3. The van der Waals surface area contributed by atoms with Crippen molar-refractivity contribution in [1.29, 1.82) is 0 Å². The molecule has 0 amide bonds. The van der Waals surface area contributed by atoms with Gasteiger partial charge in [0.2, 0.25) is 0 Å². The number of alkyl halides is 3. The van der Waals surface area contributed by atoms with Gasteiger partial charge in [-0.05, 0) is 0 Å². The van der Waals surface area contributed by atoms with E-state index in [1.165, 1.54) is 10.8 Å². The lowest BCUT2D eigenvalue weighted by Gasteiger charge is -2.12. The van der Waals surface area contributed by atoms with Crippen molar-refractivity contribution in [2.75, 3.05) is 19.0 Å². The van der Waals surface area contributed by atoms with E-state index in [0.29, 0.717) is 0 Å². The van der Waals surface area contributed by atoms with E-state index in [1.807, 2.05) is 0 Å². The lowest BCUT2D eigenvalue weighted by atomic mass is 10.6. The maximum absolute atomic E-state index is 11.9. The minimum atomic E-state index is -4.40. The summed E-state index contributed by atoms with van der Waals surface area (Å²) in [6.45, 7) is -1.56. The summed E-state index contributed by atoms with van der Waals surface area (Å²) in [5.74, 6) is -1.40. The molecule has 20 heavy (non-hydrogen) atoms. The molecule has 0 radical (unpaired) electrons. The highest BCUT2D eigenvalue weighted by molar-refractivity contribution is 7.99. The van der Waals surface area contributed by atoms with Crippen molar-refractivity contribution < 1.29 is 27.8 Å². The third-order valence-electron chi connectivity index (χ3n) is 1.92. The number of hydrogen-bond acceptors (Lipinski definition) is 5. The number of rotatable bonds is 7. The Hall–Kier alpha value is -1.55. The van der Waals surface area contributed by atoms with Crippen LogP contribution in [-0.4, -0.2) is 45.8 Å². The van der Waals surface area contributed by atoms with Gasteiger partial charge in [-0.3, -0.25) is 9.59 Å². The SMILES string of the molecule is O=C(O)CSc1nc(=O)ccn1CCOCC(F)(F)F. The van der Waals surface area contributed by atoms with Crippen molar-refractivity contribution in [3.05, 3.63) is 22.6 Å². The maximum atomic E-state index is 11.9. The molecular formula is C10H11F3N2O4S. The summed E-state index contributed by atoms with van der Waals surface area (Å²) in [7, 11) is 0. The zero-order valence-electron chi connectivity index (χ0n) is 10.1. The molecule has 1 aromatic rings. The molecule has 0 saturated heterocycles. The van der Waals surface area contributed by atoms with E-state index in [1.54, 1.807) is 0 Å². The van der Waals surface area contributed by atoms with E-state index in [0.717, 1.165) is 17.8 Å². The zero-order chi connectivity index (χ0) is 15.2. The average Bonchev–Trinajstić information content (AvgIpc) is 2.32. The molecule has 0 unspecified atom stereocenters. The second kappa shape index (κ2) is 7.29. The number of carbonyl (C=O) groups is 1. The fourth-order valence-corrected chi connectivity index (χ4v) is 1.90. The van der Waals surface area contributed by atoms with E-state index in [2.05, 4.69) is 9.72 Å². The van der Waals surface area contributed by atoms with Crippen molar-refractivity contribution in [2.45, 2.75) is 17.9 Å². The molecule has 1 aromatic heterocycles. The van der Waals surface area contributed by atoms with Gasteiger partial charge < -0.3 is 14.4 Å². The number of ether oxygens (including phenoxy) is 1. The lowest BCUT2D eigenvalue weighted by molar-refractivity contribution is -0.174. The van der Waals surface area contributed by atoms with Gasteiger partial charge in [0.1, 0.15) is 6.61 Å². The summed E-state index contributed by atoms with van der Waals surface area (Å²) < 4.78 is 41.4. The number of nitrogens with zero attached hydrogens (tertiary/aromatic N) is 2. The molecule has 6 nitrogen and oxygen atoms in total. The molecule has 0 fully saturated rings. The molecule has 0 saturated carbocycles. The first-order valence-electron chi connectivity index (χ1n) is 5.34. The second-order valence-electron chi connectivity index (χ2n) is 3.59. The van der Waals surface area contributed by atoms with Gasteiger partial charge in [-0.25, -0.2) is 0 Å². The third kappa shape index (κ3) is 6.57. The Morgan fingerprint density at radius 1 is 1.50 bits per heavy atom. The van der Waals surface area contributed by atoms with Crippen molar-refractivity contribution in [3.8, 4) is 0 Å². The second-order valence-corrected chi connectivity index (χ2v) is 4.53. The monoisotopic (exact) mass is 312 g/mol. The molecular weight excluding hydrogens is 301 g/mol. The van der Waals surface area contributed by atoms with E-state index < -0.39 is 24.3 Å². The van der Waals surface area contributed by atoms with Crippen LogP contribution < -0.4 is 5.56 Å². The molecule has 0 aromatic carbocycles. The number of aliphatic carboxylic acids is 1. The van der Waals surface area contributed by atoms with Crippen LogP contribution in [0.2, 0.25) is 0 Å². The third-order valence-corrected chi connectivity index (χ3v) is 2.89. The normalized spacial score (nSPS) is 11.6. The molecule has 0 atom stereocenters. The van der Waals surface area contributed by atoms with Crippen LogP contribution in [0.25, 0.3) is 0 Å². The molecule has 0 bridgehead atoms. The van der Waals surface area contributed by atoms with Crippen molar-refractivity contribution >= 4 is 17.7 Å². The Morgan fingerprint density at radius 3 is 2.80 bits per heavy atom. The summed E-state index contributed by atoms with van der Waals surface area (Å²) in [4.78, 5) is 25.1. The number of carboxylic acids is 1. The average molecular weight is 312 g/mol. The van der Waals surface area contributed by atoms with Crippen LogP contribution in [0, 0.1) is 0 Å². The molecule has 112 valence electrons. The fourth-order valence-electron chi connectivity index (χ4n) is 1.18. The molecule has 1 N–H and O–H groups in total. The van der Waals surface area contributed by atoms with Crippen molar-refractivity contribution in [2.24, 2.45) is 0 Å². The van der Waals surface area contributed by atoms with Gasteiger partial charge in [0, 0.05) is 18.8 Å². The first-order valence-corrected chi connectivity index (χ1v) is 6.33. The highest BCUT2D eigenvalue weighted by Gasteiger charge is 2.27. The van der Waals surface area contributed by atoms with Crippen LogP contribution in [0.3, 0.4) is 0 Å². The number of thioether (sulfide) groups is 1. The molecule has 0 spiro atoms. The topological polar surface area (TPSA) is 81.4 Å². The van der Waals surface area contributed by atoms with Crippen LogP contribution in [0.5, 0.6) is 0 Å². The molecule has 0 aliphatic heterocycles. The van der Waals surface area contributed by atoms with E-state index in [4.69, 9.17) is 5.11 Å². The van der Waals surface area contributed by atoms with Gasteiger partial charge in [-0.15, -0.1) is 0 Å². The minimum absolute atomic E-state index is 0.0330. The van der Waals surface area contributed by atoms with Crippen LogP contribution in [0.4, 0.5) is 13.2 Å².